The van der Waals surface area contributed by atoms with Gasteiger partial charge >= 0.3 is 0 Å². The van der Waals surface area contributed by atoms with Crippen LogP contribution in [0.4, 0.5) is 0 Å². The molecular weight excluding hydrogens is 156 g/mol. The normalized spacial score (nSPS) is 14.7. The molecule has 0 saturated carbocycles. The smallest absolute Gasteiger partial charge is 0.163 e. The molecule has 0 radical (unpaired) electrons. The molecule has 0 fully saturated rings. The van der Waals surface area contributed by atoms with Crippen LogP contribution in [0.2, 0.25) is 0 Å². The van der Waals surface area contributed by atoms with E-state index >= 15 is 0 Å². The van der Waals surface area contributed by atoms with Crippen molar-refractivity contribution in [1.82, 2.24) is 9.78 Å². The van der Waals surface area contributed by atoms with Crippen molar-refractivity contribution < 1.29 is 5.21 Å². The lowest BCUT2D eigenvalue weighted by molar-refractivity contribution is 0.313. The highest BCUT2D eigenvalue weighted by molar-refractivity contribution is 5.83. The van der Waals surface area contributed by atoms with E-state index in [1.54, 1.807) is 10.9 Å². The van der Waals surface area contributed by atoms with Gasteiger partial charge in [0, 0.05) is 6.20 Å². The summed E-state index contributed by atoms with van der Waals surface area (Å²) < 4.78 is 1.64. The van der Waals surface area contributed by atoms with Crippen LogP contribution in [0.5, 0.6) is 0 Å². The number of aryl methyl sites for hydroxylation is 1. The van der Waals surface area contributed by atoms with E-state index in [2.05, 4.69) is 10.3 Å². The Bertz CT molecular complexity index is 291. The van der Waals surface area contributed by atoms with Crippen LogP contribution >= 0.6 is 0 Å². The van der Waals surface area contributed by atoms with Crippen LogP contribution < -0.4 is 5.73 Å². The number of amidine groups is 1. The zero-order valence-electron chi connectivity index (χ0n) is 7.10. The molecule has 1 unspecified atom stereocenters. The molecule has 1 aromatic rings. The van der Waals surface area contributed by atoms with Crippen LogP contribution in [0.25, 0.3) is 0 Å². The molecule has 1 atom stereocenters. The van der Waals surface area contributed by atoms with E-state index in [9.17, 15) is 0 Å². The SMILES string of the molecule is Cc1ccn(C(C)C(N)=NO)n1. The molecule has 1 heterocycles. The van der Waals surface area contributed by atoms with Gasteiger partial charge < -0.3 is 10.9 Å². The van der Waals surface area contributed by atoms with Crippen molar-refractivity contribution in [3.05, 3.63) is 18.0 Å². The molecule has 12 heavy (non-hydrogen) atoms. The van der Waals surface area contributed by atoms with Gasteiger partial charge in [-0.1, -0.05) is 5.16 Å². The summed E-state index contributed by atoms with van der Waals surface area (Å²) >= 11 is 0. The number of hydrogen-bond donors (Lipinski definition) is 2. The molecule has 0 bridgehead atoms. The maximum Gasteiger partial charge on any atom is 0.163 e. The molecule has 1 aromatic heterocycles. The van der Waals surface area contributed by atoms with Gasteiger partial charge in [0.1, 0.15) is 6.04 Å². The molecule has 5 heteroatoms. The maximum atomic E-state index is 8.40. The molecule has 0 aliphatic heterocycles. The topological polar surface area (TPSA) is 76.4 Å². The van der Waals surface area contributed by atoms with Crippen molar-refractivity contribution in [1.29, 1.82) is 0 Å². The molecule has 0 spiro atoms. The van der Waals surface area contributed by atoms with Crippen LogP contribution in [0, 0.1) is 6.92 Å². The first-order chi connectivity index (χ1) is 5.65. The van der Waals surface area contributed by atoms with Crippen molar-refractivity contribution in [2.24, 2.45) is 10.9 Å². The van der Waals surface area contributed by atoms with Gasteiger partial charge in [-0.15, -0.1) is 0 Å². The molecule has 0 aliphatic rings. The van der Waals surface area contributed by atoms with Gasteiger partial charge in [-0.2, -0.15) is 5.10 Å². The fourth-order valence-electron chi connectivity index (χ4n) is 0.868. The second-order valence-corrected chi connectivity index (χ2v) is 2.64. The number of nitrogens with zero attached hydrogens (tertiary/aromatic N) is 3. The quantitative estimate of drug-likeness (QED) is 0.292. The minimum Gasteiger partial charge on any atom is -0.409 e. The molecule has 0 amide bonds. The maximum absolute atomic E-state index is 8.40. The van der Waals surface area contributed by atoms with Crippen LogP contribution in [0.15, 0.2) is 17.4 Å². The second-order valence-electron chi connectivity index (χ2n) is 2.64. The monoisotopic (exact) mass is 168 g/mol. The summed E-state index contributed by atoms with van der Waals surface area (Å²) in [6.07, 6.45) is 1.79. The van der Waals surface area contributed by atoms with Crippen LogP contribution in [0.3, 0.4) is 0 Å². The van der Waals surface area contributed by atoms with Crippen molar-refractivity contribution in [2.75, 3.05) is 0 Å². The molecule has 1 rings (SSSR count). The molecular formula is C7H12N4O. The van der Waals surface area contributed by atoms with Crippen LogP contribution in [-0.4, -0.2) is 20.8 Å². The van der Waals surface area contributed by atoms with Gasteiger partial charge in [-0.25, -0.2) is 0 Å². The van der Waals surface area contributed by atoms with E-state index in [0.717, 1.165) is 5.69 Å². The molecule has 66 valence electrons. The predicted molar refractivity (Wildman–Crippen MR) is 45.1 cm³/mol. The van der Waals surface area contributed by atoms with Crippen LogP contribution in [0.1, 0.15) is 18.7 Å². The minimum atomic E-state index is -0.205. The average molecular weight is 168 g/mol. The van der Waals surface area contributed by atoms with Gasteiger partial charge in [0.25, 0.3) is 0 Å². The Hall–Kier alpha value is -1.52. The zero-order valence-corrected chi connectivity index (χ0v) is 7.10. The average Bonchev–Trinajstić information content (AvgIpc) is 2.49. The molecule has 3 N–H and O–H groups in total. The first-order valence-electron chi connectivity index (χ1n) is 3.64. The number of aromatic nitrogens is 2. The van der Waals surface area contributed by atoms with E-state index in [1.165, 1.54) is 0 Å². The Balaban J connectivity index is 2.85. The van der Waals surface area contributed by atoms with Crippen molar-refractivity contribution in [3.8, 4) is 0 Å². The summed E-state index contributed by atoms with van der Waals surface area (Å²) in [5.74, 6) is 0.151. The van der Waals surface area contributed by atoms with Crippen molar-refractivity contribution >= 4 is 5.84 Å². The molecule has 0 aromatic carbocycles. The standard InChI is InChI=1S/C7H12N4O/c1-5-3-4-11(9-5)6(2)7(8)10-12/h3-4,6,12H,1-2H3,(H2,8,10). The summed E-state index contributed by atoms with van der Waals surface area (Å²) in [4.78, 5) is 0. The van der Waals surface area contributed by atoms with Crippen molar-refractivity contribution in [2.45, 2.75) is 19.9 Å². The molecule has 5 nitrogen and oxygen atoms in total. The molecule has 0 saturated heterocycles. The zero-order chi connectivity index (χ0) is 9.14. The third kappa shape index (κ3) is 1.55. The third-order valence-electron chi connectivity index (χ3n) is 1.68. The highest BCUT2D eigenvalue weighted by Crippen LogP contribution is 2.04. The summed E-state index contributed by atoms with van der Waals surface area (Å²) in [6.45, 7) is 3.69. The lowest BCUT2D eigenvalue weighted by Crippen LogP contribution is -2.24. The summed E-state index contributed by atoms with van der Waals surface area (Å²) in [5, 5.41) is 15.4. The highest BCUT2D eigenvalue weighted by Gasteiger charge is 2.09. The van der Waals surface area contributed by atoms with Gasteiger partial charge in [-0.3, -0.25) is 4.68 Å². The Labute approximate surface area is 70.5 Å². The lowest BCUT2D eigenvalue weighted by Gasteiger charge is -2.09. The lowest BCUT2D eigenvalue weighted by atomic mass is 10.3. The van der Waals surface area contributed by atoms with E-state index in [0.29, 0.717) is 0 Å². The number of oxime groups is 1. The first-order valence-corrected chi connectivity index (χ1v) is 3.64. The largest absolute Gasteiger partial charge is 0.409 e. The Morgan fingerprint density at radius 1 is 1.83 bits per heavy atom. The fourth-order valence-corrected chi connectivity index (χ4v) is 0.868. The van der Waals surface area contributed by atoms with Gasteiger partial charge in [-0.05, 0) is 19.9 Å². The Morgan fingerprint density at radius 2 is 2.50 bits per heavy atom. The Morgan fingerprint density at radius 3 is 2.92 bits per heavy atom. The second kappa shape index (κ2) is 3.25. The van der Waals surface area contributed by atoms with E-state index in [1.807, 2.05) is 19.9 Å². The third-order valence-corrected chi connectivity index (χ3v) is 1.68. The van der Waals surface area contributed by atoms with E-state index in [-0.39, 0.29) is 11.9 Å². The minimum absolute atomic E-state index is 0.151. The van der Waals surface area contributed by atoms with E-state index < -0.39 is 0 Å². The van der Waals surface area contributed by atoms with Gasteiger partial charge in [0.2, 0.25) is 0 Å². The van der Waals surface area contributed by atoms with Crippen molar-refractivity contribution in [3.63, 3.8) is 0 Å². The number of nitrogens with two attached hydrogens (primary N) is 1. The summed E-state index contributed by atoms with van der Waals surface area (Å²) in [5.41, 5.74) is 6.31. The number of rotatable bonds is 2. The summed E-state index contributed by atoms with van der Waals surface area (Å²) in [7, 11) is 0. The van der Waals surface area contributed by atoms with E-state index in [4.69, 9.17) is 10.9 Å². The number of hydrogen-bond acceptors (Lipinski definition) is 3. The predicted octanol–water partition coefficient (Wildman–Crippen LogP) is 0.499. The Kier molecular flexibility index (Phi) is 2.32. The van der Waals surface area contributed by atoms with Gasteiger partial charge in [0.05, 0.1) is 5.69 Å². The van der Waals surface area contributed by atoms with Gasteiger partial charge in [0.15, 0.2) is 5.84 Å². The molecule has 0 aliphatic carbocycles. The highest BCUT2D eigenvalue weighted by atomic mass is 16.4. The first kappa shape index (κ1) is 8.58. The fraction of sp³-hybridized carbons (Fsp3) is 0.429. The summed E-state index contributed by atoms with van der Waals surface area (Å²) in [6, 6.07) is 1.66. The van der Waals surface area contributed by atoms with Crippen LogP contribution in [-0.2, 0) is 0 Å².